The van der Waals surface area contributed by atoms with Crippen LogP contribution in [-0.4, -0.2) is 57.1 Å². The lowest BCUT2D eigenvalue weighted by Gasteiger charge is -2.35. The summed E-state index contributed by atoms with van der Waals surface area (Å²) >= 11 is 0. The Labute approximate surface area is 150 Å². The van der Waals surface area contributed by atoms with E-state index in [0.717, 1.165) is 51.1 Å². The number of ether oxygens (including phenoxy) is 1. The molecule has 1 saturated heterocycles. The molecule has 1 aromatic carbocycles. The number of amides is 1. The van der Waals surface area contributed by atoms with Gasteiger partial charge in [-0.1, -0.05) is 19.8 Å². The quantitative estimate of drug-likeness (QED) is 0.607. The Morgan fingerprint density at radius 2 is 1.88 bits per heavy atom. The maximum absolute atomic E-state index is 12.3. The van der Waals surface area contributed by atoms with Crippen molar-refractivity contribution in [3.63, 3.8) is 0 Å². The number of likely N-dealkylation sites (N-methyl/N-ethyl adjacent to an activating group) is 1. The minimum Gasteiger partial charge on any atom is -0.465 e. The van der Waals surface area contributed by atoms with Crippen LogP contribution in [0.4, 0.5) is 11.4 Å². The van der Waals surface area contributed by atoms with E-state index in [1.807, 2.05) is 6.07 Å². The molecular weight excluding hydrogens is 318 g/mol. The molecule has 0 spiro atoms. The molecule has 0 bridgehead atoms. The van der Waals surface area contributed by atoms with Gasteiger partial charge in [-0.25, -0.2) is 4.79 Å². The van der Waals surface area contributed by atoms with Gasteiger partial charge in [-0.05, 0) is 31.7 Å². The first-order valence-corrected chi connectivity index (χ1v) is 9.01. The van der Waals surface area contributed by atoms with Crippen LogP contribution in [0.1, 0.15) is 43.0 Å². The third-order valence-electron chi connectivity index (χ3n) is 4.54. The van der Waals surface area contributed by atoms with Crippen molar-refractivity contribution in [1.29, 1.82) is 0 Å². The van der Waals surface area contributed by atoms with Crippen molar-refractivity contribution in [3.05, 3.63) is 23.8 Å². The SMILES string of the molecule is CCCCCC(=O)Nc1cc(C(=O)OC)ccc1N1CCN(C)CC1. The molecule has 1 aliphatic rings. The highest BCUT2D eigenvalue weighted by Gasteiger charge is 2.19. The normalized spacial score (nSPS) is 15.1. The minimum atomic E-state index is -0.397. The monoisotopic (exact) mass is 347 g/mol. The van der Waals surface area contributed by atoms with Crippen molar-refractivity contribution in [3.8, 4) is 0 Å². The van der Waals surface area contributed by atoms with Gasteiger partial charge in [0.25, 0.3) is 0 Å². The van der Waals surface area contributed by atoms with Crippen molar-refractivity contribution < 1.29 is 14.3 Å². The number of rotatable bonds is 7. The van der Waals surface area contributed by atoms with Crippen LogP contribution in [0.25, 0.3) is 0 Å². The Bertz CT molecular complexity index is 596. The average molecular weight is 347 g/mol. The second kappa shape index (κ2) is 9.42. The van der Waals surface area contributed by atoms with E-state index in [0.29, 0.717) is 17.7 Å². The molecule has 2 rings (SSSR count). The van der Waals surface area contributed by atoms with Gasteiger partial charge in [0.2, 0.25) is 5.91 Å². The first-order valence-electron chi connectivity index (χ1n) is 9.01. The molecule has 138 valence electrons. The van der Waals surface area contributed by atoms with E-state index in [4.69, 9.17) is 4.74 Å². The third kappa shape index (κ3) is 5.46. The molecule has 0 aromatic heterocycles. The number of nitrogens with one attached hydrogen (secondary N) is 1. The van der Waals surface area contributed by atoms with Crippen LogP contribution in [0.5, 0.6) is 0 Å². The average Bonchev–Trinajstić information content (AvgIpc) is 2.62. The highest BCUT2D eigenvalue weighted by atomic mass is 16.5. The molecule has 1 fully saturated rings. The Morgan fingerprint density at radius 3 is 2.52 bits per heavy atom. The second-order valence-electron chi connectivity index (χ2n) is 6.52. The summed E-state index contributed by atoms with van der Waals surface area (Å²) in [6, 6.07) is 5.38. The van der Waals surface area contributed by atoms with E-state index in [-0.39, 0.29) is 5.91 Å². The Balaban J connectivity index is 2.19. The molecule has 0 unspecified atom stereocenters. The summed E-state index contributed by atoms with van der Waals surface area (Å²) in [5.41, 5.74) is 2.10. The maximum Gasteiger partial charge on any atom is 0.337 e. The number of carbonyl (C=O) groups excluding carboxylic acids is 2. The summed E-state index contributed by atoms with van der Waals surface area (Å²) in [7, 11) is 3.47. The number of hydrogen-bond acceptors (Lipinski definition) is 5. The van der Waals surface area contributed by atoms with E-state index in [2.05, 4.69) is 29.1 Å². The lowest BCUT2D eigenvalue weighted by Crippen LogP contribution is -2.44. The van der Waals surface area contributed by atoms with Gasteiger partial charge < -0.3 is 19.9 Å². The number of unbranched alkanes of at least 4 members (excludes halogenated alkanes) is 2. The molecule has 1 aliphatic heterocycles. The minimum absolute atomic E-state index is 0.00848. The molecule has 0 radical (unpaired) electrons. The van der Waals surface area contributed by atoms with Gasteiger partial charge in [0.1, 0.15) is 0 Å². The van der Waals surface area contributed by atoms with E-state index in [1.165, 1.54) is 7.11 Å². The molecule has 0 aliphatic carbocycles. The lowest BCUT2D eigenvalue weighted by molar-refractivity contribution is -0.116. The van der Waals surface area contributed by atoms with Gasteiger partial charge >= 0.3 is 5.97 Å². The summed E-state index contributed by atoms with van der Waals surface area (Å²) in [5, 5.41) is 3.00. The predicted molar refractivity (Wildman–Crippen MR) is 100 cm³/mol. The molecular formula is C19H29N3O3. The standard InChI is InChI=1S/C19H29N3O3/c1-4-5-6-7-18(23)20-16-14-15(19(24)25-3)8-9-17(16)22-12-10-21(2)11-13-22/h8-9,14H,4-7,10-13H2,1-3H3,(H,20,23). The number of methoxy groups -OCH3 is 1. The van der Waals surface area contributed by atoms with E-state index >= 15 is 0 Å². The fraction of sp³-hybridized carbons (Fsp3) is 0.579. The van der Waals surface area contributed by atoms with Crippen molar-refractivity contribution in [2.45, 2.75) is 32.6 Å². The van der Waals surface area contributed by atoms with Crippen LogP contribution in [0.3, 0.4) is 0 Å². The summed E-state index contributed by atoms with van der Waals surface area (Å²) in [6.07, 6.45) is 3.50. The summed E-state index contributed by atoms with van der Waals surface area (Å²) in [6.45, 7) is 5.86. The molecule has 0 saturated carbocycles. The van der Waals surface area contributed by atoms with Crippen molar-refractivity contribution in [2.75, 3.05) is 50.6 Å². The van der Waals surface area contributed by atoms with Gasteiger partial charge in [-0.3, -0.25) is 4.79 Å². The number of esters is 1. The summed E-state index contributed by atoms with van der Waals surface area (Å²) in [5.74, 6) is -0.405. The molecule has 1 heterocycles. The van der Waals surface area contributed by atoms with E-state index in [9.17, 15) is 9.59 Å². The van der Waals surface area contributed by atoms with Crippen LogP contribution in [0, 0.1) is 0 Å². The zero-order valence-electron chi connectivity index (χ0n) is 15.5. The second-order valence-corrected chi connectivity index (χ2v) is 6.52. The smallest absolute Gasteiger partial charge is 0.337 e. The number of hydrogen-bond donors (Lipinski definition) is 1. The zero-order chi connectivity index (χ0) is 18.2. The Hall–Kier alpha value is -2.08. The van der Waals surface area contributed by atoms with Crippen LogP contribution < -0.4 is 10.2 Å². The largest absolute Gasteiger partial charge is 0.465 e. The first-order chi connectivity index (χ1) is 12.0. The summed E-state index contributed by atoms with van der Waals surface area (Å²) < 4.78 is 4.80. The number of anilines is 2. The van der Waals surface area contributed by atoms with Crippen molar-refractivity contribution in [2.24, 2.45) is 0 Å². The molecule has 0 atom stereocenters. The number of carbonyl (C=O) groups is 2. The molecule has 1 aromatic rings. The number of benzene rings is 1. The third-order valence-corrected chi connectivity index (χ3v) is 4.54. The number of nitrogens with zero attached hydrogens (tertiary/aromatic N) is 2. The molecule has 25 heavy (non-hydrogen) atoms. The van der Waals surface area contributed by atoms with E-state index < -0.39 is 5.97 Å². The predicted octanol–water partition coefficient (Wildman–Crippen LogP) is 2.74. The highest BCUT2D eigenvalue weighted by molar-refractivity contribution is 5.98. The highest BCUT2D eigenvalue weighted by Crippen LogP contribution is 2.29. The van der Waals surface area contributed by atoms with Crippen molar-refractivity contribution in [1.82, 2.24) is 4.90 Å². The Kier molecular flexibility index (Phi) is 7.25. The topological polar surface area (TPSA) is 61.9 Å². The van der Waals surface area contributed by atoms with E-state index in [1.54, 1.807) is 12.1 Å². The lowest BCUT2D eigenvalue weighted by atomic mass is 10.1. The summed E-state index contributed by atoms with van der Waals surface area (Å²) in [4.78, 5) is 28.6. The van der Waals surface area contributed by atoms with Crippen LogP contribution in [0.15, 0.2) is 18.2 Å². The van der Waals surface area contributed by atoms with Crippen LogP contribution in [-0.2, 0) is 9.53 Å². The fourth-order valence-corrected chi connectivity index (χ4v) is 2.95. The van der Waals surface area contributed by atoms with Gasteiger partial charge in [0.15, 0.2) is 0 Å². The van der Waals surface area contributed by atoms with Gasteiger partial charge in [-0.15, -0.1) is 0 Å². The maximum atomic E-state index is 12.3. The Morgan fingerprint density at radius 1 is 1.16 bits per heavy atom. The van der Waals surface area contributed by atoms with Crippen molar-refractivity contribution >= 4 is 23.3 Å². The molecule has 1 N–H and O–H groups in total. The number of piperazine rings is 1. The zero-order valence-corrected chi connectivity index (χ0v) is 15.5. The van der Waals surface area contributed by atoms with Crippen LogP contribution in [0.2, 0.25) is 0 Å². The van der Waals surface area contributed by atoms with Crippen LogP contribution >= 0.6 is 0 Å². The molecule has 6 nitrogen and oxygen atoms in total. The fourth-order valence-electron chi connectivity index (χ4n) is 2.95. The first kappa shape index (κ1) is 19.2. The molecule has 6 heteroatoms. The van der Waals surface area contributed by atoms with Gasteiger partial charge in [-0.2, -0.15) is 0 Å². The van der Waals surface area contributed by atoms with Gasteiger partial charge in [0, 0.05) is 32.6 Å². The molecule has 1 amide bonds. The van der Waals surface area contributed by atoms with Gasteiger partial charge in [0.05, 0.1) is 24.0 Å².